The third-order valence-corrected chi connectivity index (χ3v) is 6.63. The van der Waals surface area contributed by atoms with Crippen molar-refractivity contribution in [3.63, 3.8) is 0 Å². The van der Waals surface area contributed by atoms with E-state index in [1.54, 1.807) is 65.6 Å². The van der Waals surface area contributed by atoms with Gasteiger partial charge in [-0.15, -0.1) is 0 Å². The molecule has 0 radical (unpaired) electrons. The second kappa shape index (κ2) is 10.4. The number of carbonyl (C=O) groups is 2. The van der Waals surface area contributed by atoms with Crippen molar-refractivity contribution >= 4 is 17.5 Å². The van der Waals surface area contributed by atoms with Gasteiger partial charge in [-0.3, -0.25) is 9.59 Å². The fraction of sp³-hybridized carbons (Fsp3) is 0.133. The molecule has 4 aromatic rings. The predicted octanol–water partition coefficient (Wildman–Crippen LogP) is 6.23. The predicted molar refractivity (Wildman–Crippen MR) is 136 cm³/mol. The van der Waals surface area contributed by atoms with Gasteiger partial charge in [-0.2, -0.15) is 0 Å². The number of fused-ring (bicyclic) bond motifs is 1. The summed E-state index contributed by atoms with van der Waals surface area (Å²) >= 11 is 0. The summed E-state index contributed by atoms with van der Waals surface area (Å²) in [6.07, 6.45) is 0. The Morgan fingerprint density at radius 3 is 2.26 bits per heavy atom. The van der Waals surface area contributed by atoms with Crippen molar-refractivity contribution in [2.45, 2.75) is 18.5 Å². The van der Waals surface area contributed by atoms with E-state index in [1.165, 1.54) is 19.2 Å². The molecule has 4 aromatic carbocycles. The van der Waals surface area contributed by atoms with Crippen molar-refractivity contribution in [3.05, 3.63) is 131 Å². The Kier molecular flexibility index (Phi) is 6.87. The Balaban J connectivity index is 1.64. The Morgan fingerprint density at radius 2 is 1.58 bits per heavy atom. The number of nitrogens with zero attached hydrogens (tertiary/aromatic N) is 1. The summed E-state index contributed by atoms with van der Waals surface area (Å²) in [6, 6.07) is 21.6. The molecule has 1 aliphatic heterocycles. The molecular formula is C30H23F3N2O3. The quantitative estimate of drug-likeness (QED) is 0.331. The summed E-state index contributed by atoms with van der Waals surface area (Å²) < 4.78 is 46.8. The van der Waals surface area contributed by atoms with Crippen LogP contribution < -0.4 is 10.1 Å². The molecule has 0 saturated heterocycles. The van der Waals surface area contributed by atoms with Crippen molar-refractivity contribution in [2.24, 2.45) is 0 Å². The number of hydrogen-bond acceptors (Lipinski definition) is 3. The molecule has 0 aliphatic carbocycles. The molecule has 1 N–H and O–H groups in total. The first-order chi connectivity index (χ1) is 18.4. The van der Waals surface area contributed by atoms with Crippen LogP contribution in [0, 0.1) is 17.5 Å². The van der Waals surface area contributed by atoms with E-state index >= 15 is 0 Å². The van der Waals surface area contributed by atoms with Crippen LogP contribution in [-0.4, -0.2) is 23.8 Å². The van der Waals surface area contributed by atoms with Crippen molar-refractivity contribution < 1.29 is 27.5 Å². The summed E-state index contributed by atoms with van der Waals surface area (Å²) in [4.78, 5) is 29.2. The molecule has 192 valence electrons. The summed E-state index contributed by atoms with van der Waals surface area (Å²) in [6.45, 7) is 0.0961. The first-order valence-corrected chi connectivity index (χ1v) is 11.9. The van der Waals surface area contributed by atoms with Crippen molar-refractivity contribution in [1.82, 2.24) is 4.90 Å². The molecule has 8 heteroatoms. The van der Waals surface area contributed by atoms with E-state index in [2.05, 4.69) is 5.32 Å². The molecule has 0 saturated carbocycles. The maximum Gasteiger partial charge on any atom is 0.255 e. The molecule has 38 heavy (non-hydrogen) atoms. The van der Waals surface area contributed by atoms with Gasteiger partial charge < -0.3 is 15.0 Å². The molecule has 0 aromatic heterocycles. The fourth-order valence-corrected chi connectivity index (χ4v) is 4.81. The number of nitrogens with one attached hydrogen (secondary N) is 1. The first-order valence-electron chi connectivity index (χ1n) is 11.9. The van der Waals surface area contributed by atoms with Gasteiger partial charge in [0.05, 0.1) is 24.8 Å². The molecular weight excluding hydrogens is 493 g/mol. The topological polar surface area (TPSA) is 58.6 Å². The lowest BCUT2D eigenvalue weighted by atomic mass is 9.79. The molecule has 1 heterocycles. The molecule has 2 atom stereocenters. The fourth-order valence-electron chi connectivity index (χ4n) is 4.81. The second-order valence-corrected chi connectivity index (χ2v) is 8.96. The smallest absolute Gasteiger partial charge is 0.255 e. The zero-order chi connectivity index (χ0) is 26.8. The average molecular weight is 517 g/mol. The van der Waals surface area contributed by atoms with Crippen LogP contribution >= 0.6 is 0 Å². The highest BCUT2D eigenvalue weighted by Crippen LogP contribution is 2.44. The van der Waals surface area contributed by atoms with Gasteiger partial charge in [-0.05, 0) is 59.2 Å². The number of amides is 2. The molecule has 1 aliphatic rings. The zero-order valence-corrected chi connectivity index (χ0v) is 20.3. The number of halogens is 3. The van der Waals surface area contributed by atoms with E-state index in [-0.39, 0.29) is 18.1 Å². The Hall–Kier alpha value is -4.59. The second-order valence-electron chi connectivity index (χ2n) is 8.96. The largest absolute Gasteiger partial charge is 0.497 e. The van der Waals surface area contributed by atoms with E-state index in [0.29, 0.717) is 34.1 Å². The lowest BCUT2D eigenvalue weighted by molar-refractivity contribution is -0.119. The maximum absolute atomic E-state index is 14.5. The zero-order valence-electron chi connectivity index (χ0n) is 20.3. The van der Waals surface area contributed by atoms with Crippen LogP contribution in [0.1, 0.15) is 39.0 Å². The van der Waals surface area contributed by atoms with Gasteiger partial charge in [-0.1, -0.05) is 42.5 Å². The minimum Gasteiger partial charge on any atom is -0.497 e. The highest BCUT2D eigenvalue weighted by atomic mass is 19.1. The summed E-state index contributed by atoms with van der Waals surface area (Å²) in [5, 5.41) is 2.58. The number of hydrogen-bond donors (Lipinski definition) is 1. The number of carbonyl (C=O) groups excluding carboxylic acids is 2. The lowest BCUT2D eigenvalue weighted by Crippen LogP contribution is -2.45. The third-order valence-electron chi connectivity index (χ3n) is 6.63. The lowest BCUT2D eigenvalue weighted by Gasteiger charge is -2.42. The van der Waals surface area contributed by atoms with Crippen molar-refractivity contribution in [2.75, 3.05) is 12.4 Å². The van der Waals surface area contributed by atoms with E-state index in [4.69, 9.17) is 4.74 Å². The minimum atomic E-state index is -0.942. The van der Waals surface area contributed by atoms with Crippen LogP contribution in [0.5, 0.6) is 5.75 Å². The van der Waals surface area contributed by atoms with E-state index in [1.807, 2.05) is 0 Å². The van der Waals surface area contributed by atoms with Crippen LogP contribution in [0.15, 0.2) is 91.0 Å². The van der Waals surface area contributed by atoms with Crippen LogP contribution in [-0.2, 0) is 11.3 Å². The molecule has 5 nitrogen and oxygen atoms in total. The summed E-state index contributed by atoms with van der Waals surface area (Å²) in [7, 11) is 1.53. The molecule has 0 unspecified atom stereocenters. The Bertz CT molecular complexity index is 1490. The molecule has 0 bridgehead atoms. The SMILES string of the molecule is COc1ccc([C@@H]2[C@H](C(=O)Nc3ccc(F)cc3F)c3ccccc3C(=O)N2Cc2ccc(F)cc2)cc1. The Morgan fingerprint density at radius 1 is 0.895 bits per heavy atom. The standard InChI is InChI=1S/C30H23F3N2O3/c1-38-22-13-8-19(9-14-22)28-27(29(36)34-26-15-12-21(32)16-25(26)33)23-4-2-3-5-24(23)30(37)35(28)17-18-6-10-20(31)11-7-18/h2-16,27-28H,17H2,1H3,(H,34,36)/t27-,28-/m1/s1. The summed E-state index contributed by atoms with van der Waals surface area (Å²) in [5.74, 6) is -3.31. The average Bonchev–Trinajstić information content (AvgIpc) is 2.93. The van der Waals surface area contributed by atoms with Crippen LogP contribution in [0.3, 0.4) is 0 Å². The van der Waals surface area contributed by atoms with Gasteiger partial charge in [0.1, 0.15) is 23.2 Å². The van der Waals surface area contributed by atoms with Gasteiger partial charge in [0.15, 0.2) is 0 Å². The molecule has 5 rings (SSSR count). The van der Waals surface area contributed by atoms with Gasteiger partial charge in [0.25, 0.3) is 5.91 Å². The highest BCUT2D eigenvalue weighted by molar-refractivity contribution is 6.04. The maximum atomic E-state index is 14.5. The Labute approximate surface area is 217 Å². The highest BCUT2D eigenvalue weighted by Gasteiger charge is 2.44. The monoisotopic (exact) mass is 516 g/mol. The van der Waals surface area contributed by atoms with E-state index in [9.17, 15) is 22.8 Å². The third kappa shape index (κ3) is 4.85. The van der Waals surface area contributed by atoms with E-state index < -0.39 is 35.3 Å². The van der Waals surface area contributed by atoms with Crippen LogP contribution in [0.4, 0.5) is 18.9 Å². The molecule has 0 spiro atoms. The number of anilines is 1. The van der Waals surface area contributed by atoms with Crippen LogP contribution in [0.25, 0.3) is 0 Å². The molecule has 0 fully saturated rings. The van der Waals surface area contributed by atoms with Gasteiger partial charge in [0, 0.05) is 18.2 Å². The van der Waals surface area contributed by atoms with Crippen molar-refractivity contribution in [1.29, 1.82) is 0 Å². The number of benzene rings is 4. The number of methoxy groups -OCH3 is 1. The van der Waals surface area contributed by atoms with Gasteiger partial charge in [-0.25, -0.2) is 13.2 Å². The minimum absolute atomic E-state index is 0.0961. The first kappa shape index (κ1) is 25.1. The van der Waals surface area contributed by atoms with E-state index in [0.717, 1.165) is 12.1 Å². The normalized spacial score (nSPS) is 16.6. The summed E-state index contributed by atoms with van der Waals surface area (Å²) in [5.41, 5.74) is 1.95. The van der Waals surface area contributed by atoms with Gasteiger partial charge >= 0.3 is 0 Å². The van der Waals surface area contributed by atoms with Crippen LogP contribution in [0.2, 0.25) is 0 Å². The molecule has 2 amide bonds. The number of ether oxygens (including phenoxy) is 1. The van der Waals surface area contributed by atoms with Gasteiger partial charge in [0.2, 0.25) is 5.91 Å². The van der Waals surface area contributed by atoms with Crippen molar-refractivity contribution in [3.8, 4) is 5.75 Å². The number of rotatable bonds is 6.